The highest BCUT2D eigenvalue weighted by molar-refractivity contribution is 9.10. The van der Waals surface area contributed by atoms with E-state index in [2.05, 4.69) is 42.5 Å². The summed E-state index contributed by atoms with van der Waals surface area (Å²) in [5, 5.41) is 5.64. The fraction of sp³-hybridized carbons (Fsp3) is 0.231. The summed E-state index contributed by atoms with van der Waals surface area (Å²) < 4.78 is 2.50. The zero-order valence-corrected chi connectivity index (χ0v) is 27.2. The Morgan fingerprint density at radius 2 is 1.02 bits per heavy atom. The van der Waals surface area contributed by atoms with Gasteiger partial charge in [-0.3, -0.25) is 29.0 Å². The number of carbonyl (C=O) groups excluding carboxylic acids is 4. The zero-order valence-electron chi connectivity index (χ0n) is 20.8. The minimum atomic E-state index is -0.363. The molecule has 0 spiro atoms. The van der Waals surface area contributed by atoms with Crippen LogP contribution in [0.1, 0.15) is 25.7 Å². The fourth-order valence-electron chi connectivity index (χ4n) is 3.76. The lowest BCUT2D eigenvalue weighted by atomic mass is 10.2. The fourth-order valence-corrected chi connectivity index (χ4v) is 7.06. The van der Waals surface area contributed by atoms with E-state index in [1.165, 1.54) is 9.80 Å². The first-order valence-electron chi connectivity index (χ1n) is 12.0. The highest BCUT2D eigenvalue weighted by Gasteiger charge is 2.41. The second-order valence-electron chi connectivity index (χ2n) is 8.63. The predicted octanol–water partition coefficient (Wildman–Crippen LogP) is 6.28. The van der Waals surface area contributed by atoms with Crippen molar-refractivity contribution in [3.63, 3.8) is 0 Å². The molecular weight excluding hydrogens is 720 g/mol. The molecule has 0 atom stereocenters. The number of nitrogens with one attached hydrogen (secondary N) is 2. The van der Waals surface area contributed by atoms with Gasteiger partial charge >= 0.3 is 0 Å². The number of halogens is 2. The van der Waals surface area contributed by atoms with Crippen LogP contribution in [0.25, 0.3) is 0 Å². The highest BCUT2D eigenvalue weighted by atomic mass is 79.9. The summed E-state index contributed by atoms with van der Waals surface area (Å²) in [6, 6.07) is 14.5. The molecule has 0 bridgehead atoms. The van der Waals surface area contributed by atoms with Gasteiger partial charge in [0.1, 0.15) is 8.64 Å². The third kappa shape index (κ3) is 8.01. The number of carbonyl (C=O) groups is 4. The van der Waals surface area contributed by atoms with Gasteiger partial charge < -0.3 is 10.6 Å². The van der Waals surface area contributed by atoms with E-state index in [9.17, 15) is 19.2 Å². The molecule has 4 amide bonds. The van der Waals surface area contributed by atoms with Crippen LogP contribution >= 0.6 is 79.8 Å². The molecule has 2 saturated heterocycles. The van der Waals surface area contributed by atoms with Crippen molar-refractivity contribution in [3.8, 4) is 0 Å². The Kier molecular flexibility index (Phi) is 10.9. The summed E-state index contributed by atoms with van der Waals surface area (Å²) in [6.45, 7) is 0.519. The molecule has 2 aromatic carbocycles. The van der Waals surface area contributed by atoms with Gasteiger partial charge in [-0.15, -0.1) is 0 Å². The summed E-state index contributed by atoms with van der Waals surface area (Å²) in [5.74, 6) is -1.06. The molecule has 2 aliphatic heterocycles. The first-order chi connectivity index (χ1) is 19.1. The molecule has 2 aliphatic rings. The number of thiocarbonyl (C=S) groups is 2. The van der Waals surface area contributed by atoms with E-state index in [0.717, 1.165) is 32.5 Å². The largest absolute Gasteiger partial charge is 0.326 e. The minimum Gasteiger partial charge on any atom is -0.326 e. The molecule has 2 heterocycles. The van der Waals surface area contributed by atoms with Gasteiger partial charge in [-0.1, -0.05) is 79.8 Å². The Hall–Kier alpha value is -2.10. The third-order valence-electron chi connectivity index (χ3n) is 5.73. The lowest BCUT2D eigenvalue weighted by Crippen LogP contribution is -2.31. The van der Waals surface area contributed by atoms with E-state index >= 15 is 0 Å². The van der Waals surface area contributed by atoms with Crippen LogP contribution < -0.4 is 10.6 Å². The van der Waals surface area contributed by atoms with Crippen molar-refractivity contribution in [1.29, 1.82) is 0 Å². The SMILES string of the molecule is O=C(CCCN1C(=O)C(=C2SC(=S)N(CCCC(=O)Nc3ccc(Br)cc3)C2=O)SC1=S)Nc1ccc(Br)cc1. The van der Waals surface area contributed by atoms with Crippen molar-refractivity contribution >= 4 is 123 Å². The Morgan fingerprint density at radius 1 is 0.675 bits per heavy atom. The van der Waals surface area contributed by atoms with Crippen molar-refractivity contribution in [2.75, 3.05) is 23.7 Å². The number of anilines is 2. The minimum absolute atomic E-state index is 0.167. The van der Waals surface area contributed by atoms with E-state index < -0.39 is 0 Å². The van der Waals surface area contributed by atoms with Gasteiger partial charge in [0.15, 0.2) is 0 Å². The summed E-state index contributed by atoms with van der Waals surface area (Å²) in [7, 11) is 0. The topological polar surface area (TPSA) is 98.8 Å². The van der Waals surface area contributed by atoms with Crippen LogP contribution in [0, 0.1) is 0 Å². The molecule has 2 N–H and O–H groups in total. The van der Waals surface area contributed by atoms with E-state index in [0.29, 0.717) is 32.9 Å². The smallest absolute Gasteiger partial charge is 0.267 e. The third-order valence-corrected chi connectivity index (χ3v) is 9.81. The number of rotatable bonds is 10. The highest BCUT2D eigenvalue weighted by Crippen LogP contribution is 2.42. The molecule has 2 fully saturated rings. The van der Waals surface area contributed by atoms with E-state index in [1.54, 1.807) is 24.3 Å². The van der Waals surface area contributed by atoms with Crippen LogP contribution in [0.3, 0.4) is 0 Å². The van der Waals surface area contributed by atoms with Crippen LogP contribution in [-0.4, -0.2) is 55.2 Å². The van der Waals surface area contributed by atoms with Crippen molar-refractivity contribution < 1.29 is 19.2 Å². The molecule has 0 saturated carbocycles. The van der Waals surface area contributed by atoms with Crippen molar-refractivity contribution in [2.24, 2.45) is 0 Å². The standard InChI is InChI=1S/C26H22Br2N4O4S4/c27-15-5-9-17(10-6-15)29-19(33)3-1-13-31-23(35)21(39-25(31)37)22-24(36)32(26(38)40-22)14-2-4-20(34)30-18-11-7-16(28)8-12-18/h5-12H,1-4,13-14H2,(H,29,33)(H,30,34). The molecule has 0 unspecified atom stereocenters. The van der Waals surface area contributed by atoms with E-state index in [1.807, 2.05) is 24.3 Å². The first-order valence-corrected chi connectivity index (χ1v) is 16.1. The lowest BCUT2D eigenvalue weighted by Gasteiger charge is -2.14. The van der Waals surface area contributed by atoms with Gasteiger partial charge in [0, 0.05) is 46.3 Å². The van der Waals surface area contributed by atoms with Gasteiger partial charge in [0.25, 0.3) is 11.8 Å². The molecule has 0 aromatic heterocycles. The normalized spacial score (nSPS) is 17.1. The van der Waals surface area contributed by atoms with Crippen molar-refractivity contribution in [1.82, 2.24) is 9.80 Å². The van der Waals surface area contributed by atoms with Crippen LogP contribution in [0.2, 0.25) is 0 Å². The maximum atomic E-state index is 13.1. The zero-order chi connectivity index (χ0) is 28.8. The van der Waals surface area contributed by atoms with Gasteiger partial charge in [0.2, 0.25) is 11.8 Å². The summed E-state index contributed by atoms with van der Waals surface area (Å²) in [4.78, 5) is 54.2. The van der Waals surface area contributed by atoms with Crippen molar-refractivity contribution in [2.45, 2.75) is 25.7 Å². The molecule has 8 nitrogen and oxygen atoms in total. The summed E-state index contributed by atoms with van der Waals surface area (Å²) >= 11 is 19.6. The molecule has 2 aromatic rings. The van der Waals surface area contributed by atoms with Crippen LogP contribution in [0.4, 0.5) is 11.4 Å². The number of thioether (sulfide) groups is 2. The molecular formula is C26H22Br2N4O4S4. The number of amides is 4. The molecule has 4 rings (SSSR count). The van der Waals surface area contributed by atoms with Crippen LogP contribution in [0.15, 0.2) is 67.3 Å². The van der Waals surface area contributed by atoms with Crippen LogP contribution in [0.5, 0.6) is 0 Å². The summed E-state index contributed by atoms with van der Waals surface area (Å²) in [6.07, 6.45) is 1.23. The number of hydrogen-bond acceptors (Lipinski definition) is 8. The van der Waals surface area contributed by atoms with Gasteiger partial charge in [0.05, 0.1) is 9.81 Å². The molecule has 40 heavy (non-hydrogen) atoms. The molecule has 0 radical (unpaired) electrons. The second-order valence-corrected chi connectivity index (χ2v) is 13.7. The first kappa shape index (κ1) is 30.8. The average molecular weight is 743 g/mol. The maximum Gasteiger partial charge on any atom is 0.267 e. The van der Waals surface area contributed by atoms with Crippen molar-refractivity contribution in [3.05, 3.63) is 67.3 Å². The molecule has 0 aliphatic carbocycles. The Morgan fingerprint density at radius 3 is 1.38 bits per heavy atom. The van der Waals surface area contributed by atoms with E-state index in [4.69, 9.17) is 24.4 Å². The Labute approximate surface area is 267 Å². The predicted molar refractivity (Wildman–Crippen MR) is 175 cm³/mol. The van der Waals surface area contributed by atoms with E-state index in [-0.39, 0.29) is 59.4 Å². The maximum absolute atomic E-state index is 13.1. The van der Waals surface area contributed by atoms with Crippen LogP contribution in [-0.2, 0) is 19.2 Å². The molecule has 208 valence electrons. The second kappa shape index (κ2) is 14.2. The number of benzene rings is 2. The Balaban J connectivity index is 1.27. The van der Waals surface area contributed by atoms with Gasteiger partial charge in [-0.25, -0.2) is 0 Å². The monoisotopic (exact) mass is 740 g/mol. The lowest BCUT2D eigenvalue weighted by molar-refractivity contribution is -0.124. The number of hydrogen-bond donors (Lipinski definition) is 2. The van der Waals surface area contributed by atoms with Gasteiger partial charge in [-0.2, -0.15) is 0 Å². The number of nitrogens with zero attached hydrogens (tertiary/aromatic N) is 2. The Bertz CT molecular complexity index is 1290. The van der Waals surface area contributed by atoms with Gasteiger partial charge in [-0.05, 0) is 61.4 Å². The molecule has 14 heteroatoms. The average Bonchev–Trinajstić information content (AvgIpc) is 3.35. The summed E-state index contributed by atoms with van der Waals surface area (Å²) in [5.41, 5.74) is 1.37. The quantitative estimate of drug-likeness (QED) is 0.217.